The molecule has 1 fully saturated rings. The third-order valence-corrected chi connectivity index (χ3v) is 7.15. The molecular weight excluding hydrogens is 424 g/mol. The molecule has 4 rings (SSSR count). The summed E-state index contributed by atoms with van der Waals surface area (Å²) in [5.41, 5.74) is 2.13. The van der Waals surface area contributed by atoms with Crippen molar-refractivity contribution in [1.29, 1.82) is 0 Å². The number of aryl methyl sites for hydroxylation is 1. The van der Waals surface area contributed by atoms with Crippen LogP contribution in [0, 0.1) is 12.8 Å². The average molecular weight is 455 g/mol. The maximum absolute atomic E-state index is 13.0. The summed E-state index contributed by atoms with van der Waals surface area (Å²) >= 11 is 1.45. The number of amides is 1. The van der Waals surface area contributed by atoms with Crippen LogP contribution in [0.25, 0.3) is 11.4 Å². The van der Waals surface area contributed by atoms with Gasteiger partial charge in [-0.3, -0.25) is 9.36 Å². The first-order valence-corrected chi connectivity index (χ1v) is 12.0. The molecule has 8 heteroatoms. The first-order chi connectivity index (χ1) is 15.5. The van der Waals surface area contributed by atoms with E-state index in [1.165, 1.54) is 11.8 Å². The molecule has 32 heavy (non-hydrogen) atoms. The summed E-state index contributed by atoms with van der Waals surface area (Å²) in [6, 6.07) is 11.9. The predicted octanol–water partition coefficient (Wildman–Crippen LogP) is 4.31. The molecule has 2 unspecified atom stereocenters. The van der Waals surface area contributed by atoms with Crippen LogP contribution >= 0.6 is 11.8 Å². The molecule has 1 amide bonds. The second kappa shape index (κ2) is 10.4. The van der Waals surface area contributed by atoms with Gasteiger partial charge in [0.15, 0.2) is 11.0 Å². The largest absolute Gasteiger partial charge is 0.467 e. The Kier molecular flexibility index (Phi) is 7.32. The molecule has 1 N–H and O–H groups in total. The Balaban J connectivity index is 1.59. The van der Waals surface area contributed by atoms with Crippen LogP contribution in [0.15, 0.2) is 52.2 Å². The van der Waals surface area contributed by atoms with Gasteiger partial charge in [0.25, 0.3) is 0 Å². The van der Waals surface area contributed by atoms with Gasteiger partial charge in [0.05, 0.1) is 24.2 Å². The van der Waals surface area contributed by atoms with Gasteiger partial charge >= 0.3 is 0 Å². The van der Waals surface area contributed by atoms with Crippen LogP contribution in [0.4, 0.5) is 0 Å². The number of aromatic nitrogens is 3. The Morgan fingerprint density at radius 3 is 2.78 bits per heavy atom. The van der Waals surface area contributed by atoms with Gasteiger partial charge in [-0.05, 0) is 43.4 Å². The highest BCUT2D eigenvalue weighted by Gasteiger charge is 2.28. The Labute approximate surface area is 192 Å². The number of carbonyl (C=O) groups excluding carboxylic acids is 1. The number of hydrogen-bond donors (Lipinski definition) is 1. The maximum Gasteiger partial charge on any atom is 0.233 e. The molecule has 1 saturated heterocycles. The van der Waals surface area contributed by atoms with E-state index in [2.05, 4.69) is 42.4 Å². The average Bonchev–Trinajstić information content (AvgIpc) is 3.54. The molecule has 1 aliphatic rings. The molecule has 3 heterocycles. The van der Waals surface area contributed by atoms with Crippen LogP contribution in [-0.4, -0.2) is 45.2 Å². The van der Waals surface area contributed by atoms with Crippen molar-refractivity contribution in [3.8, 4) is 11.4 Å². The van der Waals surface area contributed by atoms with Crippen LogP contribution in [0.5, 0.6) is 0 Å². The molecule has 0 radical (unpaired) electrons. The van der Waals surface area contributed by atoms with Crippen LogP contribution in [-0.2, 0) is 16.1 Å². The molecule has 170 valence electrons. The minimum atomic E-state index is -0.291. The van der Waals surface area contributed by atoms with Crippen LogP contribution in [0.3, 0.4) is 0 Å². The van der Waals surface area contributed by atoms with E-state index in [0.717, 1.165) is 42.2 Å². The van der Waals surface area contributed by atoms with E-state index in [4.69, 9.17) is 9.15 Å². The SMILES string of the molecule is Cc1ccccc1-c1nnc(SC(C(=O)NCC2CCCO2)C(C)C)n1Cc1ccco1. The fourth-order valence-electron chi connectivity index (χ4n) is 3.83. The third kappa shape index (κ3) is 5.24. The zero-order chi connectivity index (χ0) is 22.5. The van der Waals surface area contributed by atoms with E-state index >= 15 is 0 Å². The smallest absolute Gasteiger partial charge is 0.233 e. The summed E-state index contributed by atoms with van der Waals surface area (Å²) in [5.74, 6) is 1.71. The van der Waals surface area contributed by atoms with Crippen molar-refractivity contribution in [2.75, 3.05) is 13.2 Å². The zero-order valence-corrected chi connectivity index (χ0v) is 19.6. The van der Waals surface area contributed by atoms with Gasteiger partial charge in [-0.1, -0.05) is 49.9 Å². The van der Waals surface area contributed by atoms with Crippen LogP contribution < -0.4 is 5.32 Å². The Morgan fingerprint density at radius 1 is 1.25 bits per heavy atom. The summed E-state index contributed by atoms with van der Waals surface area (Å²) in [6.07, 6.45) is 3.83. The quantitative estimate of drug-likeness (QED) is 0.485. The molecular formula is C24H30N4O3S. The fraction of sp³-hybridized carbons (Fsp3) is 0.458. The van der Waals surface area contributed by atoms with Crippen molar-refractivity contribution in [3.05, 3.63) is 54.0 Å². The molecule has 0 aliphatic carbocycles. The number of hydrogen-bond acceptors (Lipinski definition) is 6. The lowest BCUT2D eigenvalue weighted by molar-refractivity contribution is -0.121. The van der Waals surface area contributed by atoms with Crippen molar-refractivity contribution < 1.29 is 13.9 Å². The van der Waals surface area contributed by atoms with E-state index < -0.39 is 0 Å². The molecule has 1 aromatic carbocycles. The van der Waals surface area contributed by atoms with Gasteiger partial charge in [0.1, 0.15) is 5.76 Å². The summed E-state index contributed by atoms with van der Waals surface area (Å²) < 4.78 is 13.3. The van der Waals surface area contributed by atoms with Gasteiger partial charge in [-0.2, -0.15) is 0 Å². The number of rotatable bonds is 9. The van der Waals surface area contributed by atoms with E-state index in [0.29, 0.717) is 18.2 Å². The molecule has 0 spiro atoms. The first-order valence-electron chi connectivity index (χ1n) is 11.1. The van der Waals surface area contributed by atoms with E-state index in [1.807, 2.05) is 34.9 Å². The lowest BCUT2D eigenvalue weighted by Crippen LogP contribution is -2.39. The third-order valence-electron chi connectivity index (χ3n) is 5.62. The van der Waals surface area contributed by atoms with Gasteiger partial charge < -0.3 is 14.5 Å². The molecule has 1 aliphatic heterocycles. The van der Waals surface area contributed by atoms with Crippen molar-refractivity contribution in [1.82, 2.24) is 20.1 Å². The van der Waals surface area contributed by atoms with Gasteiger partial charge in [0, 0.05) is 18.7 Å². The second-order valence-corrected chi connectivity index (χ2v) is 9.56. The number of benzene rings is 1. The fourth-order valence-corrected chi connectivity index (χ4v) is 4.88. The Morgan fingerprint density at radius 2 is 2.09 bits per heavy atom. The normalized spacial score (nSPS) is 17.1. The number of carbonyl (C=O) groups is 1. The molecule has 0 saturated carbocycles. The van der Waals surface area contributed by atoms with E-state index in [1.54, 1.807) is 6.26 Å². The van der Waals surface area contributed by atoms with E-state index in [9.17, 15) is 4.79 Å². The topological polar surface area (TPSA) is 82.2 Å². The minimum Gasteiger partial charge on any atom is -0.467 e. The zero-order valence-electron chi connectivity index (χ0n) is 18.8. The second-order valence-electron chi connectivity index (χ2n) is 8.45. The predicted molar refractivity (Wildman–Crippen MR) is 124 cm³/mol. The highest BCUT2D eigenvalue weighted by Crippen LogP contribution is 2.32. The standard InChI is InChI=1S/C24H30N4O3S/c1-16(2)21(23(29)25-14-18-9-6-12-30-18)32-24-27-26-22(20-11-5-4-8-17(20)3)28(24)15-19-10-7-13-31-19/h4-5,7-8,10-11,13,16,18,21H,6,9,12,14-15H2,1-3H3,(H,25,29). The lowest BCUT2D eigenvalue weighted by atomic mass is 10.1. The summed E-state index contributed by atoms with van der Waals surface area (Å²) in [4.78, 5) is 13.0. The first kappa shape index (κ1) is 22.6. The van der Waals surface area contributed by atoms with E-state index in [-0.39, 0.29) is 23.2 Å². The molecule has 3 aromatic rings. The van der Waals surface area contributed by atoms with Crippen LogP contribution in [0.2, 0.25) is 0 Å². The maximum atomic E-state index is 13.0. The van der Waals surface area contributed by atoms with Crippen LogP contribution in [0.1, 0.15) is 38.0 Å². The monoisotopic (exact) mass is 454 g/mol. The van der Waals surface area contributed by atoms with Crippen molar-refractivity contribution in [2.24, 2.45) is 5.92 Å². The Hall–Kier alpha value is -2.58. The van der Waals surface area contributed by atoms with Crippen molar-refractivity contribution >= 4 is 17.7 Å². The summed E-state index contributed by atoms with van der Waals surface area (Å²) in [7, 11) is 0. The molecule has 7 nitrogen and oxygen atoms in total. The number of nitrogens with zero attached hydrogens (tertiary/aromatic N) is 3. The highest BCUT2D eigenvalue weighted by atomic mass is 32.2. The molecule has 2 atom stereocenters. The van der Waals surface area contributed by atoms with Crippen molar-refractivity contribution in [3.63, 3.8) is 0 Å². The number of furan rings is 1. The minimum absolute atomic E-state index is 0.00508. The number of nitrogens with one attached hydrogen (secondary N) is 1. The number of ether oxygens (including phenoxy) is 1. The number of thioether (sulfide) groups is 1. The Bertz CT molecular complexity index is 1030. The molecule has 0 bridgehead atoms. The van der Waals surface area contributed by atoms with Gasteiger partial charge in [-0.25, -0.2) is 0 Å². The summed E-state index contributed by atoms with van der Waals surface area (Å²) in [5, 5.41) is 12.5. The lowest BCUT2D eigenvalue weighted by Gasteiger charge is -2.21. The highest BCUT2D eigenvalue weighted by molar-refractivity contribution is 8.00. The van der Waals surface area contributed by atoms with Gasteiger partial charge in [-0.15, -0.1) is 10.2 Å². The van der Waals surface area contributed by atoms with Crippen molar-refractivity contribution in [2.45, 2.75) is 56.7 Å². The van der Waals surface area contributed by atoms with Gasteiger partial charge in [0.2, 0.25) is 5.91 Å². The summed E-state index contributed by atoms with van der Waals surface area (Å²) in [6.45, 7) is 7.99. The molecule has 2 aromatic heterocycles.